The average Bonchev–Trinajstić information content (AvgIpc) is 2.56. The number of rotatable bonds is 3. The van der Waals surface area contributed by atoms with Crippen molar-refractivity contribution in [3.8, 4) is 28.4 Å². The Morgan fingerprint density at radius 1 is 0.917 bits per heavy atom. The normalized spacial score (nSPS) is 11.4. The number of hydrogen-bond acceptors (Lipinski definition) is 5. The molecule has 3 rings (SSSR count). The Morgan fingerprint density at radius 2 is 1.62 bits per heavy atom. The fourth-order valence-corrected chi connectivity index (χ4v) is 3.16. The van der Waals surface area contributed by atoms with E-state index >= 15 is 0 Å². The fourth-order valence-electron chi connectivity index (χ4n) is 2.47. The first-order valence-corrected chi connectivity index (χ1v) is 8.37. The van der Waals surface area contributed by atoms with Crippen molar-refractivity contribution in [3.63, 3.8) is 0 Å². The minimum Gasteiger partial charge on any atom is -0.744 e. The number of phenolic OH excluding ortho intramolecular Hbond substituents is 2. The van der Waals surface area contributed by atoms with Crippen LogP contribution < -0.4 is 4.57 Å². The van der Waals surface area contributed by atoms with Gasteiger partial charge < -0.3 is 14.8 Å². The maximum Gasteiger partial charge on any atom is 0.256 e. The quantitative estimate of drug-likeness (QED) is 0.430. The molecule has 0 aliphatic heterocycles. The largest absolute Gasteiger partial charge is 0.744 e. The molecule has 0 bridgehead atoms. The molecule has 0 saturated carbocycles. The van der Waals surface area contributed by atoms with Crippen LogP contribution in [-0.4, -0.2) is 23.2 Å². The second-order valence-electron chi connectivity index (χ2n) is 5.08. The number of hydrogen-bond donors (Lipinski definition) is 2. The van der Waals surface area contributed by atoms with Crippen molar-refractivity contribution in [2.75, 3.05) is 0 Å². The molecule has 2 N–H and O–H groups in total. The van der Waals surface area contributed by atoms with Crippen LogP contribution in [0.2, 0.25) is 0 Å². The summed E-state index contributed by atoms with van der Waals surface area (Å²) in [6, 6.07) is 14.8. The van der Waals surface area contributed by atoms with Gasteiger partial charge in [-0.05, 0) is 30.3 Å². The lowest BCUT2D eigenvalue weighted by Gasteiger charge is -2.12. The first kappa shape index (κ1) is 16.0. The van der Waals surface area contributed by atoms with E-state index in [1.54, 1.807) is 30.5 Å². The first-order valence-electron chi connectivity index (χ1n) is 6.96. The van der Waals surface area contributed by atoms with Crippen molar-refractivity contribution in [2.45, 2.75) is 4.90 Å². The van der Waals surface area contributed by atoms with Gasteiger partial charge in [0, 0.05) is 12.1 Å². The van der Waals surface area contributed by atoms with Crippen LogP contribution in [0.15, 0.2) is 71.8 Å². The van der Waals surface area contributed by atoms with Crippen molar-refractivity contribution in [2.24, 2.45) is 0 Å². The van der Waals surface area contributed by atoms with Crippen LogP contribution in [0.1, 0.15) is 0 Å². The highest BCUT2D eigenvalue weighted by molar-refractivity contribution is 7.85. The van der Waals surface area contributed by atoms with Gasteiger partial charge in [-0.25, -0.2) is 8.42 Å². The monoisotopic (exact) mass is 343 g/mol. The zero-order chi connectivity index (χ0) is 17.3. The van der Waals surface area contributed by atoms with Gasteiger partial charge in [-0.3, -0.25) is 0 Å². The number of nitrogens with zero attached hydrogens (tertiary/aromatic N) is 1. The summed E-state index contributed by atoms with van der Waals surface area (Å²) in [4.78, 5) is -0.357. The summed E-state index contributed by atoms with van der Waals surface area (Å²) in [5.74, 6) is -0.164. The summed E-state index contributed by atoms with van der Waals surface area (Å²) in [5, 5.41) is 19.8. The van der Waals surface area contributed by atoms with Gasteiger partial charge in [0.2, 0.25) is 5.69 Å². The number of benzene rings is 2. The van der Waals surface area contributed by atoms with E-state index < -0.39 is 10.1 Å². The molecule has 1 heterocycles. The highest BCUT2D eigenvalue weighted by atomic mass is 32.2. The first-order chi connectivity index (χ1) is 11.4. The van der Waals surface area contributed by atoms with E-state index in [2.05, 4.69) is 0 Å². The second-order valence-corrected chi connectivity index (χ2v) is 6.43. The van der Waals surface area contributed by atoms with Gasteiger partial charge in [0.05, 0.1) is 16.5 Å². The van der Waals surface area contributed by atoms with Crippen LogP contribution in [0.5, 0.6) is 11.5 Å². The molecule has 2 aromatic carbocycles. The van der Waals surface area contributed by atoms with Crippen LogP contribution in [-0.2, 0) is 10.1 Å². The van der Waals surface area contributed by atoms with Crippen LogP contribution in [0.25, 0.3) is 16.9 Å². The molecule has 0 aliphatic rings. The van der Waals surface area contributed by atoms with Gasteiger partial charge in [0.1, 0.15) is 15.9 Å². The Labute approximate surface area is 138 Å². The third kappa shape index (κ3) is 2.94. The van der Waals surface area contributed by atoms with Gasteiger partial charge in [-0.1, -0.05) is 12.1 Å². The molecular formula is C17H13NO5S. The molecule has 0 atom stereocenters. The van der Waals surface area contributed by atoms with E-state index in [1.807, 2.05) is 0 Å². The molecular weight excluding hydrogens is 330 g/mol. The highest BCUT2D eigenvalue weighted by Gasteiger charge is 2.22. The minimum absolute atomic E-state index is 0.0603. The predicted octanol–water partition coefficient (Wildman–Crippen LogP) is 1.95. The lowest BCUT2D eigenvalue weighted by atomic mass is 10.1. The van der Waals surface area contributed by atoms with Crippen molar-refractivity contribution >= 4 is 10.1 Å². The minimum atomic E-state index is -4.67. The van der Waals surface area contributed by atoms with Gasteiger partial charge >= 0.3 is 0 Å². The SMILES string of the molecule is O=S(=O)([O-])c1ccccc1-c1cccc[n+]1-c1cc(O)ccc1O. The van der Waals surface area contributed by atoms with E-state index in [-0.39, 0.29) is 27.6 Å². The Balaban J connectivity index is 2.32. The molecule has 122 valence electrons. The summed E-state index contributed by atoms with van der Waals surface area (Å²) in [5.41, 5.74) is 0.841. The zero-order valence-corrected chi connectivity index (χ0v) is 13.1. The van der Waals surface area contributed by atoms with Gasteiger partial charge in [-0.2, -0.15) is 4.57 Å². The van der Waals surface area contributed by atoms with Crippen LogP contribution >= 0.6 is 0 Å². The second kappa shape index (κ2) is 5.95. The zero-order valence-electron chi connectivity index (χ0n) is 12.3. The molecule has 24 heavy (non-hydrogen) atoms. The molecule has 0 unspecified atom stereocenters. The maximum absolute atomic E-state index is 11.5. The molecule has 0 saturated heterocycles. The predicted molar refractivity (Wildman–Crippen MR) is 84.7 cm³/mol. The molecule has 0 radical (unpaired) electrons. The number of pyridine rings is 1. The molecule has 0 amide bonds. The number of phenols is 2. The maximum atomic E-state index is 11.5. The van der Waals surface area contributed by atoms with Crippen LogP contribution in [0.4, 0.5) is 0 Å². The lowest BCUT2D eigenvalue weighted by molar-refractivity contribution is -0.584. The van der Waals surface area contributed by atoms with Gasteiger partial charge in [0.15, 0.2) is 11.9 Å². The smallest absolute Gasteiger partial charge is 0.256 e. The lowest BCUT2D eigenvalue weighted by Crippen LogP contribution is -2.33. The van der Waals surface area contributed by atoms with Gasteiger partial charge in [-0.15, -0.1) is 0 Å². The van der Waals surface area contributed by atoms with Crippen molar-refractivity contribution in [1.82, 2.24) is 0 Å². The highest BCUT2D eigenvalue weighted by Crippen LogP contribution is 2.28. The van der Waals surface area contributed by atoms with E-state index in [1.165, 1.54) is 41.0 Å². The van der Waals surface area contributed by atoms with Crippen LogP contribution in [0, 0.1) is 0 Å². The average molecular weight is 343 g/mol. The molecule has 3 aromatic rings. The molecule has 0 aliphatic carbocycles. The number of aromatic nitrogens is 1. The van der Waals surface area contributed by atoms with E-state index in [9.17, 15) is 23.2 Å². The Kier molecular flexibility index (Phi) is 3.96. The summed E-state index contributed by atoms with van der Waals surface area (Å²) < 4.78 is 36.1. The molecule has 6 nitrogen and oxygen atoms in total. The van der Waals surface area contributed by atoms with Crippen molar-refractivity contribution < 1.29 is 27.8 Å². The molecule has 1 aromatic heterocycles. The molecule has 0 fully saturated rings. The summed E-state index contributed by atoms with van der Waals surface area (Å²) in [6.07, 6.45) is 1.60. The van der Waals surface area contributed by atoms with E-state index in [0.29, 0.717) is 5.69 Å². The third-order valence-electron chi connectivity index (χ3n) is 3.51. The third-order valence-corrected chi connectivity index (χ3v) is 4.41. The van der Waals surface area contributed by atoms with Crippen LogP contribution in [0.3, 0.4) is 0 Å². The molecule has 0 spiro atoms. The van der Waals surface area contributed by atoms with E-state index in [4.69, 9.17) is 0 Å². The Bertz CT molecular complexity index is 1010. The number of aromatic hydroxyl groups is 2. The molecule has 7 heteroatoms. The summed E-state index contributed by atoms with van der Waals surface area (Å²) in [7, 11) is -4.67. The fraction of sp³-hybridized carbons (Fsp3) is 0. The topological polar surface area (TPSA) is 102 Å². The van der Waals surface area contributed by atoms with Crippen molar-refractivity contribution in [3.05, 3.63) is 66.9 Å². The van der Waals surface area contributed by atoms with E-state index in [0.717, 1.165) is 0 Å². The standard InChI is InChI=1S/C17H13NO5S/c19-12-8-9-16(20)15(11-12)18-10-4-3-6-14(18)13-5-1-2-7-17(13)24(21,22)23/h1-11H,(H2-,19,20,21,22,23). The Hall–Kier alpha value is -2.90. The van der Waals surface area contributed by atoms with Crippen molar-refractivity contribution in [1.29, 1.82) is 0 Å². The van der Waals surface area contributed by atoms with Gasteiger partial charge in [0.25, 0.3) is 5.69 Å². The summed E-state index contributed by atoms with van der Waals surface area (Å²) >= 11 is 0. The summed E-state index contributed by atoms with van der Waals surface area (Å²) in [6.45, 7) is 0. The Morgan fingerprint density at radius 3 is 2.38 bits per heavy atom.